The van der Waals surface area contributed by atoms with Crippen molar-refractivity contribution in [2.45, 2.75) is 32.8 Å². The SMILES string of the molecule is CCOc1ccc(-c2ccc(-c3ccc(C4CCC(C)CO4)c(F)c3)cc2)c(F)c1F. The third-order valence-corrected chi connectivity index (χ3v) is 5.73. The third kappa shape index (κ3) is 4.47. The first-order valence-electron chi connectivity index (χ1n) is 10.6. The minimum absolute atomic E-state index is 0.104. The van der Waals surface area contributed by atoms with Crippen LogP contribution in [0.1, 0.15) is 38.4 Å². The molecule has 0 aromatic heterocycles. The first-order valence-corrected chi connectivity index (χ1v) is 10.6. The van der Waals surface area contributed by atoms with Gasteiger partial charge in [0.2, 0.25) is 5.82 Å². The maximum Gasteiger partial charge on any atom is 0.201 e. The van der Waals surface area contributed by atoms with E-state index in [2.05, 4.69) is 6.92 Å². The van der Waals surface area contributed by atoms with E-state index in [4.69, 9.17) is 9.47 Å². The first-order chi connectivity index (χ1) is 15.0. The summed E-state index contributed by atoms with van der Waals surface area (Å²) in [4.78, 5) is 0. The fraction of sp³-hybridized carbons (Fsp3) is 0.308. The van der Waals surface area contributed by atoms with E-state index in [0.717, 1.165) is 24.0 Å². The van der Waals surface area contributed by atoms with Crippen LogP contribution in [0.25, 0.3) is 22.3 Å². The second-order valence-corrected chi connectivity index (χ2v) is 7.99. The van der Waals surface area contributed by atoms with Crippen molar-refractivity contribution in [2.24, 2.45) is 5.92 Å². The molecule has 2 atom stereocenters. The maximum atomic E-state index is 14.8. The van der Waals surface area contributed by atoms with Crippen molar-refractivity contribution in [3.05, 3.63) is 77.6 Å². The molecule has 2 nitrogen and oxygen atoms in total. The average Bonchev–Trinajstić information content (AvgIpc) is 2.78. The molecule has 0 N–H and O–H groups in total. The van der Waals surface area contributed by atoms with Gasteiger partial charge in [0.15, 0.2) is 11.6 Å². The highest BCUT2D eigenvalue weighted by molar-refractivity contribution is 5.71. The van der Waals surface area contributed by atoms with Crippen LogP contribution in [0.15, 0.2) is 54.6 Å². The summed E-state index contributed by atoms with van der Waals surface area (Å²) in [6, 6.07) is 15.0. The van der Waals surface area contributed by atoms with Crippen LogP contribution in [-0.4, -0.2) is 13.2 Å². The van der Waals surface area contributed by atoms with E-state index >= 15 is 0 Å². The fourth-order valence-electron chi connectivity index (χ4n) is 3.96. The molecule has 4 rings (SSSR count). The molecule has 0 bridgehead atoms. The highest BCUT2D eigenvalue weighted by atomic mass is 19.2. The molecular weight excluding hydrogens is 401 g/mol. The summed E-state index contributed by atoms with van der Waals surface area (Å²) >= 11 is 0. The Morgan fingerprint density at radius 2 is 1.58 bits per heavy atom. The number of halogens is 3. The van der Waals surface area contributed by atoms with Crippen LogP contribution in [0, 0.1) is 23.4 Å². The summed E-state index contributed by atoms with van der Waals surface area (Å²) in [6.45, 7) is 4.75. The number of benzene rings is 3. The zero-order valence-corrected chi connectivity index (χ0v) is 17.6. The molecule has 0 radical (unpaired) electrons. The average molecular weight is 426 g/mol. The molecule has 0 amide bonds. The van der Waals surface area contributed by atoms with Crippen molar-refractivity contribution < 1.29 is 22.6 Å². The summed E-state index contributed by atoms with van der Waals surface area (Å²) in [7, 11) is 0. The van der Waals surface area contributed by atoms with Gasteiger partial charge in [-0.05, 0) is 60.6 Å². The van der Waals surface area contributed by atoms with E-state index in [9.17, 15) is 13.2 Å². The van der Waals surface area contributed by atoms with Gasteiger partial charge in [-0.2, -0.15) is 4.39 Å². The third-order valence-electron chi connectivity index (χ3n) is 5.73. The molecule has 0 aliphatic carbocycles. The van der Waals surface area contributed by atoms with E-state index in [1.807, 2.05) is 6.07 Å². The Kier molecular flexibility index (Phi) is 6.33. The lowest BCUT2D eigenvalue weighted by Gasteiger charge is -2.27. The highest BCUT2D eigenvalue weighted by Gasteiger charge is 2.23. The smallest absolute Gasteiger partial charge is 0.201 e. The Labute approximate surface area is 180 Å². The second kappa shape index (κ2) is 9.15. The molecule has 3 aromatic carbocycles. The Bertz CT molecular complexity index is 1050. The topological polar surface area (TPSA) is 18.5 Å². The van der Waals surface area contributed by atoms with Gasteiger partial charge < -0.3 is 9.47 Å². The molecule has 3 aromatic rings. The van der Waals surface area contributed by atoms with Crippen LogP contribution in [0.4, 0.5) is 13.2 Å². The molecule has 31 heavy (non-hydrogen) atoms. The molecule has 162 valence electrons. The lowest BCUT2D eigenvalue weighted by atomic mass is 9.94. The lowest BCUT2D eigenvalue weighted by molar-refractivity contribution is -0.0141. The molecule has 5 heteroatoms. The van der Waals surface area contributed by atoms with Crippen molar-refractivity contribution in [3.8, 4) is 28.0 Å². The van der Waals surface area contributed by atoms with E-state index in [1.54, 1.807) is 37.3 Å². The number of hydrogen-bond acceptors (Lipinski definition) is 2. The quantitative estimate of drug-likeness (QED) is 0.425. The van der Waals surface area contributed by atoms with E-state index in [1.165, 1.54) is 18.2 Å². The summed E-state index contributed by atoms with van der Waals surface area (Å²) in [6.07, 6.45) is 1.64. The predicted octanol–water partition coefficient (Wildman–Crippen LogP) is 7.32. The van der Waals surface area contributed by atoms with Crippen LogP contribution in [-0.2, 0) is 4.74 Å². The van der Waals surface area contributed by atoms with E-state index in [-0.39, 0.29) is 29.8 Å². The monoisotopic (exact) mass is 426 g/mol. The van der Waals surface area contributed by atoms with Crippen molar-refractivity contribution >= 4 is 0 Å². The van der Waals surface area contributed by atoms with Crippen molar-refractivity contribution in [1.29, 1.82) is 0 Å². The van der Waals surface area contributed by atoms with Crippen molar-refractivity contribution in [1.82, 2.24) is 0 Å². The Morgan fingerprint density at radius 1 is 0.871 bits per heavy atom. The largest absolute Gasteiger partial charge is 0.491 e. The second-order valence-electron chi connectivity index (χ2n) is 7.99. The summed E-state index contributed by atoms with van der Waals surface area (Å²) in [5.41, 5.74) is 2.77. The van der Waals surface area contributed by atoms with Gasteiger partial charge in [-0.1, -0.05) is 43.3 Å². The molecule has 0 saturated carbocycles. The molecule has 1 aliphatic rings. The van der Waals surface area contributed by atoms with Crippen LogP contribution >= 0.6 is 0 Å². The van der Waals surface area contributed by atoms with Crippen LogP contribution in [0.3, 0.4) is 0 Å². The van der Waals surface area contributed by atoms with E-state index < -0.39 is 11.6 Å². The Hall–Kier alpha value is -2.79. The van der Waals surface area contributed by atoms with E-state index in [0.29, 0.717) is 23.7 Å². The van der Waals surface area contributed by atoms with Crippen LogP contribution < -0.4 is 4.74 Å². The Morgan fingerprint density at radius 3 is 2.23 bits per heavy atom. The standard InChI is InChI=1S/C26H25F3O2/c1-3-30-24-13-11-20(25(28)26(24)29)18-7-5-17(6-8-18)19-9-10-21(22(27)14-19)23-12-4-16(2)15-31-23/h5-11,13-14,16,23H,3-4,12,15H2,1-2H3. The number of hydrogen-bond donors (Lipinski definition) is 0. The lowest BCUT2D eigenvalue weighted by Crippen LogP contribution is -2.19. The molecular formula is C26H25F3O2. The number of ether oxygens (including phenoxy) is 2. The first kappa shape index (κ1) is 21.4. The van der Waals surface area contributed by atoms with Gasteiger partial charge in [0, 0.05) is 17.7 Å². The minimum Gasteiger partial charge on any atom is -0.491 e. The van der Waals surface area contributed by atoms with Crippen LogP contribution in [0.2, 0.25) is 0 Å². The van der Waals surface area contributed by atoms with Crippen molar-refractivity contribution in [3.63, 3.8) is 0 Å². The molecule has 2 unspecified atom stereocenters. The molecule has 1 heterocycles. The highest BCUT2D eigenvalue weighted by Crippen LogP contribution is 2.35. The van der Waals surface area contributed by atoms with Crippen molar-refractivity contribution in [2.75, 3.05) is 13.2 Å². The predicted molar refractivity (Wildman–Crippen MR) is 115 cm³/mol. The summed E-state index contributed by atoms with van der Waals surface area (Å²) in [5, 5.41) is 0. The van der Waals surface area contributed by atoms with Gasteiger partial charge in [0.1, 0.15) is 5.82 Å². The molecule has 1 fully saturated rings. The van der Waals surface area contributed by atoms with Gasteiger partial charge in [-0.15, -0.1) is 0 Å². The summed E-state index contributed by atoms with van der Waals surface area (Å²) in [5.74, 6) is -1.84. The zero-order valence-electron chi connectivity index (χ0n) is 17.6. The van der Waals surface area contributed by atoms with Gasteiger partial charge >= 0.3 is 0 Å². The van der Waals surface area contributed by atoms with Gasteiger partial charge in [-0.25, -0.2) is 8.78 Å². The molecule has 1 saturated heterocycles. The Balaban J connectivity index is 1.56. The fourth-order valence-corrected chi connectivity index (χ4v) is 3.96. The van der Waals surface area contributed by atoms with Gasteiger partial charge in [0.25, 0.3) is 0 Å². The zero-order chi connectivity index (χ0) is 22.0. The van der Waals surface area contributed by atoms with Crippen LogP contribution in [0.5, 0.6) is 5.75 Å². The van der Waals surface area contributed by atoms with Gasteiger partial charge in [-0.3, -0.25) is 0 Å². The van der Waals surface area contributed by atoms with Gasteiger partial charge in [0.05, 0.1) is 12.7 Å². The normalized spacial score (nSPS) is 18.7. The number of rotatable bonds is 5. The molecule has 0 spiro atoms. The maximum absolute atomic E-state index is 14.8. The molecule has 1 aliphatic heterocycles. The summed E-state index contributed by atoms with van der Waals surface area (Å²) < 4.78 is 54.3. The minimum atomic E-state index is -1.000.